The minimum Gasteiger partial charge on any atom is -0.337 e. The third kappa shape index (κ3) is 2.95. The molecule has 6 nitrogen and oxygen atoms in total. The van der Waals surface area contributed by atoms with Gasteiger partial charge in [0.2, 0.25) is 0 Å². The number of hydrogen-bond acceptors (Lipinski definition) is 6. The first-order valence-corrected chi connectivity index (χ1v) is 11.1. The number of fused-ring (bicyclic) bond motifs is 1. The predicted molar refractivity (Wildman–Crippen MR) is 123 cm³/mol. The molecule has 9 heteroatoms. The van der Waals surface area contributed by atoms with E-state index >= 15 is 0 Å². The molecule has 150 valence electrons. The molecule has 3 heterocycles. The molecule has 0 saturated carbocycles. The van der Waals surface area contributed by atoms with Crippen molar-refractivity contribution in [2.24, 2.45) is 0 Å². The summed E-state index contributed by atoms with van der Waals surface area (Å²) in [5, 5.41) is 1.32. The van der Waals surface area contributed by atoms with Crippen LogP contribution in [0.25, 0.3) is 10.7 Å². The Bertz CT molecular complexity index is 1230. The van der Waals surface area contributed by atoms with Gasteiger partial charge in [0.1, 0.15) is 19.9 Å². The van der Waals surface area contributed by atoms with Crippen LogP contribution in [0.5, 0.6) is 0 Å². The first kappa shape index (κ1) is 19.9. The van der Waals surface area contributed by atoms with Gasteiger partial charge < -0.3 is 9.80 Å². The summed E-state index contributed by atoms with van der Waals surface area (Å²) in [5.41, 5.74) is 1.38. The third-order valence-corrected chi connectivity index (χ3v) is 7.99. The molecule has 1 amide bonds. The SMILES string of the molecule is C=CCn1c(=C2C(=O)N(CC)C(=S)N2C)s/c(=C2\Sc3ccccc3N2C)c1=O. The molecule has 0 unspecified atom stereocenters. The van der Waals surface area contributed by atoms with Crippen molar-refractivity contribution in [3.05, 3.63) is 56.5 Å². The van der Waals surface area contributed by atoms with Gasteiger partial charge in [-0.2, -0.15) is 0 Å². The quantitative estimate of drug-likeness (QED) is 0.529. The smallest absolute Gasteiger partial charge is 0.279 e. The molecule has 0 atom stereocenters. The highest BCUT2D eigenvalue weighted by atomic mass is 32.2. The lowest BCUT2D eigenvalue weighted by atomic mass is 10.3. The Balaban J connectivity index is 2.03. The molecule has 4 rings (SSSR count). The first-order valence-electron chi connectivity index (χ1n) is 9.10. The average molecular weight is 445 g/mol. The van der Waals surface area contributed by atoms with Gasteiger partial charge >= 0.3 is 0 Å². The van der Waals surface area contributed by atoms with E-state index in [0.717, 1.165) is 15.6 Å². The maximum Gasteiger partial charge on any atom is 0.279 e. The molecule has 2 aliphatic rings. The maximum absolute atomic E-state index is 13.3. The lowest BCUT2D eigenvalue weighted by Crippen LogP contribution is -2.35. The number of para-hydroxylation sites is 1. The molecule has 0 spiro atoms. The van der Waals surface area contributed by atoms with Crippen LogP contribution in [0.3, 0.4) is 0 Å². The lowest BCUT2D eigenvalue weighted by molar-refractivity contribution is -0.120. The number of aromatic nitrogens is 1. The van der Waals surface area contributed by atoms with Crippen molar-refractivity contribution in [3.63, 3.8) is 0 Å². The number of amides is 1. The van der Waals surface area contributed by atoms with Gasteiger partial charge in [-0.1, -0.05) is 30.0 Å². The molecule has 2 aromatic rings. The summed E-state index contributed by atoms with van der Waals surface area (Å²) in [6.45, 7) is 6.47. The van der Waals surface area contributed by atoms with Crippen molar-refractivity contribution in [2.75, 3.05) is 25.5 Å². The molecule has 0 bridgehead atoms. The number of thioether (sulfide) groups is 1. The number of hydrogen-bond donors (Lipinski definition) is 0. The molecule has 1 aromatic heterocycles. The van der Waals surface area contributed by atoms with Crippen molar-refractivity contribution in [3.8, 4) is 0 Å². The van der Waals surface area contributed by atoms with E-state index in [4.69, 9.17) is 12.2 Å². The minimum atomic E-state index is -0.175. The third-order valence-electron chi connectivity index (χ3n) is 4.95. The van der Waals surface area contributed by atoms with Crippen molar-refractivity contribution in [1.29, 1.82) is 0 Å². The summed E-state index contributed by atoms with van der Waals surface area (Å²) >= 11 is 8.33. The van der Waals surface area contributed by atoms with Crippen LogP contribution in [0.1, 0.15) is 6.92 Å². The van der Waals surface area contributed by atoms with Crippen LogP contribution in [0.4, 0.5) is 5.69 Å². The Kier molecular flexibility index (Phi) is 5.14. The molecule has 1 fully saturated rings. The molecular weight excluding hydrogens is 424 g/mol. The highest BCUT2D eigenvalue weighted by molar-refractivity contribution is 8.08. The Morgan fingerprint density at radius 2 is 1.90 bits per heavy atom. The van der Waals surface area contributed by atoms with Crippen LogP contribution < -0.4 is 19.7 Å². The summed E-state index contributed by atoms with van der Waals surface area (Å²) < 4.78 is 2.83. The zero-order chi connectivity index (χ0) is 20.9. The molecule has 1 aromatic carbocycles. The molecule has 29 heavy (non-hydrogen) atoms. The number of allylic oxidation sites excluding steroid dienone is 1. The van der Waals surface area contributed by atoms with Gasteiger partial charge in [0.05, 0.1) is 5.69 Å². The second kappa shape index (κ2) is 7.47. The van der Waals surface area contributed by atoms with Crippen molar-refractivity contribution in [2.45, 2.75) is 18.4 Å². The van der Waals surface area contributed by atoms with E-state index in [1.807, 2.05) is 43.1 Å². The van der Waals surface area contributed by atoms with E-state index in [2.05, 4.69) is 6.58 Å². The van der Waals surface area contributed by atoms with Crippen LogP contribution in [0.2, 0.25) is 0 Å². The van der Waals surface area contributed by atoms with Gasteiger partial charge in [-0.3, -0.25) is 19.1 Å². The van der Waals surface area contributed by atoms with Crippen molar-refractivity contribution in [1.82, 2.24) is 14.4 Å². The van der Waals surface area contributed by atoms with Crippen molar-refractivity contribution >= 4 is 62.7 Å². The Morgan fingerprint density at radius 1 is 1.17 bits per heavy atom. The summed E-state index contributed by atoms with van der Waals surface area (Å²) in [4.78, 5) is 32.7. The Labute approximate surface area is 182 Å². The topological polar surface area (TPSA) is 48.8 Å². The van der Waals surface area contributed by atoms with Gasteiger partial charge in [-0.15, -0.1) is 17.9 Å². The molecule has 0 radical (unpaired) electrons. The molecule has 0 N–H and O–H groups in total. The minimum absolute atomic E-state index is 0.123. The normalized spacial score (nSPS) is 20.0. The monoisotopic (exact) mass is 444 g/mol. The van der Waals surface area contributed by atoms with E-state index in [-0.39, 0.29) is 11.5 Å². The number of thiazole rings is 1. The number of likely N-dealkylation sites (N-methyl/N-ethyl adjacent to an activating group) is 2. The summed E-state index contributed by atoms with van der Waals surface area (Å²) in [5.74, 6) is -0.175. The van der Waals surface area contributed by atoms with Crippen molar-refractivity contribution < 1.29 is 4.79 Å². The number of thiocarbonyl (C=S) groups is 1. The van der Waals surface area contributed by atoms with Gasteiger partial charge in [0, 0.05) is 32.1 Å². The van der Waals surface area contributed by atoms with Gasteiger partial charge in [0.25, 0.3) is 11.5 Å². The van der Waals surface area contributed by atoms with E-state index in [1.54, 1.807) is 39.3 Å². The zero-order valence-electron chi connectivity index (χ0n) is 16.3. The molecular formula is C20H20N4O2S3. The molecule has 1 saturated heterocycles. The fraction of sp³-hybridized carbons (Fsp3) is 0.250. The van der Waals surface area contributed by atoms with Crippen LogP contribution in [0.15, 0.2) is 46.6 Å². The zero-order valence-corrected chi connectivity index (χ0v) is 18.8. The highest BCUT2D eigenvalue weighted by Gasteiger charge is 2.36. The van der Waals surface area contributed by atoms with Crippen LogP contribution in [0, 0.1) is 0 Å². The predicted octanol–water partition coefficient (Wildman–Crippen LogP) is 1.59. The van der Waals surface area contributed by atoms with Gasteiger partial charge in [0.15, 0.2) is 5.11 Å². The molecule has 2 aliphatic heterocycles. The fourth-order valence-electron chi connectivity index (χ4n) is 3.47. The lowest BCUT2D eigenvalue weighted by Gasteiger charge is -2.13. The average Bonchev–Trinajstić information content (AvgIpc) is 3.28. The maximum atomic E-state index is 13.3. The van der Waals surface area contributed by atoms with Crippen LogP contribution >= 0.6 is 35.3 Å². The first-order chi connectivity index (χ1) is 13.9. The fourth-order valence-corrected chi connectivity index (χ4v) is 6.30. The standard InChI is InChI=1S/C20H20N4O2S3/c1-5-11-24-17(26)15(19-21(3)12-9-7-8-10-13(12)28-19)29-18(24)14-16(25)23(6-2)20(27)22(14)4/h5,7-10H,1,6,11H2,2-4H3/b18-14?,19-15-. The van der Waals surface area contributed by atoms with E-state index in [1.165, 1.54) is 11.3 Å². The number of carbonyl (C=O) groups is 1. The van der Waals surface area contributed by atoms with E-state index in [0.29, 0.717) is 33.1 Å². The molecule has 0 aliphatic carbocycles. The summed E-state index contributed by atoms with van der Waals surface area (Å²) in [6, 6.07) is 8.05. The number of carbonyl (C=O) groups excluding carboxylic acids is 1. The number of benzene rings is 1. The highest BCUT2D eigenvalue weighted by Crippen LogP contribution is 2.44. The second-order valence-corrected chi connectivity index (χ2v) is 9.01. The largest absolute Gasteiger partial charge is 0.337 e. The van der Waals surface area contributed by atoms with Gasteiger partial charge in [-0.05, 0) is 31.3 Å². The summed E-state index contributed by atoms with van der Waals surface area (Å²) in [6.07, 6.45) is 1.67. The van der Waals surface area contributed by atoms with E-state index < -0.39 is 0 Å². The van der Waals surface area contributed by atoms with Crippen LogP contribution in [-0.4, -0.2) is 46.0 Å². The number of anilines is 1. The second-order valence-electron chi connectivity index (χ2n) is 6.61. The number of nitrogens with zero attached hydrogens (tertiary/aromatic N) is 4. The van der Waals surface area contributed by atoms with Crippen LogP contribution in [-0.2, 0) is 11.3 Å². The number of rotatable bonds is 3. The van der Waals surface area contributed by atoms with Gasteiger partial charge in [-0.25, -0.2) is 0 Å². The Morgan fingerprint density at radius 3 is 2.52 bits per heavy atom. The Hall–Kier alpha value is -2.36. The summed E-state index contributed by atoms with van der Waals surface area (Å²) in [7, 11) is 3.73. The van der Waals surface area contributed by atoms with E-state index in [9.17, 15) is 9.59 Å².